The van der Waals surface area contributed by atoms with E-state index < -0.39 is 20.1 Å². The highest BCUT2D eigenvalue weighted by atomic mass is 79.9. The predicted octanol–water partition coefficient (Wildman–Crippen LogP) is 5.42. The molecule has 0 atom stereocenters. The minimum atomic E-state index is -3.75. The van der Waals surface area contributed by atoms with E-state index in [4.69, 9.17) is 4.74 Å². The van der Waals surface area contributed by atoms with Gasteiger partial charge in [-0.25, -0.2) is 27.4 Å². The summed E-state index contributed by atoms with van der Waals surface area (Å²) in [7, 11) is -4.38. The summed E-state index contributed by atoms with van der Waals surface area (Å²) in [6.07, 6.45) is 11.8. The average molecular weight is 512 g/mol. The molecule has 0 fully saturated rings. The lowest BCUT2D eigenvalue weighted by Crippen LogP contribution is -2.11. The molecule has 1 aromatic carbocycles. The van der Waals surface area contributed by atoms with Crippen LogP contribution in [0.5, 0.6) is 0 Å². The van der Waals surface area contributed by atoms with Crippen LogP contribution in [0.25, 0.3) is 16.5 Å². The summed E-state index contributed by atoms with van der Waals surface area (Å²) < 4.78 is 34.4. The zero-order valence-electron chi connectivity index (χ0n) is 17.8. The number of pyridine rings is 1. The van der Waals surface area contributed by atoms with E-state index in [1.807, 2.05) is 13.8 Å². The van der Waals surface area contributed by atoms with E-state index in [-0.39, 0.29) is 4.90 Å². The fraction of sp³-hybridized carbons (Fsp3) is 0.318. The Morgan fingerprint density at radius 3 is 2.50 bits per heavy atom. The van der Waals surface area contributed by atoms with E-state index in [1.165, 1.54) is 3.97 Å². The molecule has 5 nitrogen and oxygen atoms in total. The Kier molecular flexibility index (Phi) is 6.69. The van der Waals surface area contributed by atoms with E-state index in [1.54, 1.807) is 49.0 Å². The average Bonchev–Trinajstić information content (AvgIpc) is 3.04. The SMILES string of the molecule is C/C(=C/OCCS(C)(C)C)c1cn(S(=O)(=O)c2ccc(C)cc2)c2cc(Br)ncc12. The second-order valence-electron chi connectivity index (χ2n) is 8.15. The van der Waals surface area contributed by atoms with Crippen molar-refractivity contribution < 1.29 is 13.2 Å². The standard InChI is InChI=1S/C22H27BrN2O3S2/c1-16-6-8-18(9-7-16)30(26,27)25-14-20(19-13-24-22(23)12-21(19)25)17(2)15-28-10-11-29(3,4)5/h6-9,12-15H,10-11H2,1-5H3/b17-15-. The van der Waals surface area contributed by atoms with Gasteiger partial charge in [-0.1, -0.05) is 17.7 Å². The largest absolute Gasteiger partial charge is 0.500 e. The molecule has 0 aliphatic heterocycles. The molecule has 30 heavy (non-hydrogen) atoms. The van der Waals surface area contributed by atoms with Crippen LogP contribution in [0.3, 0.4) is 0 Å². The molecule has 0 N–H and O–H groups in total. The molecule has 0 radical (unpaired) electrons. The van der Waals surface area contributed by atoms with E-state index in [2.05, 4.69) is 39.7 Å². The summed E-state index contributed by atoms with van der Waals surface area (Å²) in [4.78, 5) is 4.55. The van der Waals surface area contributed by atoms with Gasteiger partial charge < -0.3 is 4.74 Å². The van der Waals surface area contributed by atoms with Crippen LogP contribution in [0.2, 0.25) is 0 Å². The topological polar surface area (TPSA) is 61.2 Å². The summed E-state index contributed by atoms with van der Waals surface area (Å²) in [5.41, 5.74) is 3.21. The van der Waals surface area contributed by atoms with Gasteiger partial charge in [-0.3, -0.25) is 0 Å². The summed E-state index contributed by atoms with van der Waals surface area (Å²) in [6.45, 7) is 4.49. The Morgan fingerprint density at radius 2 is 1.87 bits per heavy atom. The maximum Gasteiger partial charge on any atom is 0.268 e. The number of hydrogen-bond acceptors (Lipinski definition) is 4. The van der Waals surface area contributed by atoms with Crippen LogP contribution in [-0.4, -0.2) is 48.5 Å². The van der Waals surface area contributed by atoms with Crippen LogP contribution in [-0.2, 0) is 14.8 Å². The molecule has 3 aromatic rings. The number of nitrogens with zero attached hydrogens (tertiary/aromatic N) is 2. The normalized spacial score (nSPS) is 13.6. The number of hydrogen-bond donors (Lipinski definition) is 0. The van der Waals surface area contributed by atoms with Crippen molar-refractivity contribution in [1.29, 1.82) is 0 Å². The maximum atomic E-state index is 13.4. The minimum absolute atomic E-state index is 0.246. The minimum Gasteiger partial charge on any atom is -0.500 e. The van der Waals surface area contributed by atoms with E-state index >= 15 is 0 Å². The number of ether oxygens (including phenoxy) is 1. The number of rotatable bonds is 7. The molecular formula is C22H27BrN2O3S2. The molecule has 0 saturated heterocycles. The van der Waals surface area contributed by atoms with Gasteiger partial charge >= 0.3 is 0 Å². The van der Waals surface area contributed by atoms with Crippen molar-refractivity contribution in [3.8, 4) is 0 Å². The van der Waals surface area contributed by atoms with Crippen molar-refractivity contribution in [3.05, 3.63) is 64.7 Å². The smallest absolute Gasteiger partial charge is 0.268 e. The van der Waals surface area contributed by atoms with Gasteiger partial charge in [0.15, 0.2) is 0 Å². The monoisotopic (exact) mass is 510 g/mol. The molecule has 162 valence electrons. The van der Waals surface area contributed by atoms with Crippen LogP contribution in [0.4, 0.5) is 0 Å². The van der Waals surface area contributed by atoms with Gasteiger partial charge in [0, 0.05) is 29.1 Å². The first kappa shape index (κ1) is 22.9. The van der Waals surface area contributed by atoms with Crippen LogP contribution in [0.15, 0.2) is 58.5 Å². The van der Waals surface area contributed by atoms with Gasteiger partial charge in [0.1, 0.15) is 4.60 Å². The second-order valence-corrected chi connectivity index (χ2v) is 15.4. The first-order chi connectivity index (χ1) is 14.0. The summed E-state index contributed by atoms with van der Waals surface area (Å²) in [6, 6.07) is 8.59. The van der Waals surface area contributed by atoms with Gasteiger partial charge in [0.05, 0.1) is 23.3 Å². The van der Waals surface area contributed by atoms with Crippen LogP contribution >= 0.6 is 26.0 Å². The number of aryl methyl sites for hydroxylation is 1. The Balaban J connectivity index is 2.05. The van der Waals surface area contributed by atoms with Crippen molar-refractivity contribution in [1.82, 2.24) is 8.96 Å². The molecular weight excluding hydrogens is 484 g/mol. The van der Waals surface area contributed by atoms with Crippen LogP contribution < -0.4 is 0 Å². The van der Waals surface area contributed by atoms with Gasteiger partial charge in [0.2, 0.25) is 0 Å². The molecule has 2 aromatic heterocycles. The summed E-state index contributed by atoms with van der Waals surface area (Å²) >= 11 is 3.36. The number of fused-ring (bicyclic) bond motifs is 1. The lowest BCUT2D eigenvalue weighted by atomic mass is 10.1. The molecule has 2 heterocycles. The fourth-order valence-electron chi connectivity index (χ4n) is 2.95. The molecule has 8 heteroatoms. The third kappa shape index (κ3) is 5.10. The summed E-state index contributed by atoms with van der Waals surface area (Å²) in [5, 5.41) is 0.757. The van der Waals surface area contributed by atoms with Gasteiger partial charge in [-0.2, -0.15) is 0 Å². The fourth-order valence-corrected chi connectivity index (χ4v) is 5.23. The Morgan fingerprint density at radius 1 is 1.20 bits per heavy atom. The number of halogens is 1. The van der Waals surface area contributed by atoms with Crippen molar-refractivity contribution in [2.45, 2.75) is 18.7 Å². The van der Waals surface area contributed by atoms with E-state index in [0.29, 0.717) is 16.7 Å². The highest BCUT2D eigenvalue weighted by molar-refractivity contribution is 9.10. The molecule has 3 rings (SSSR count). The lowest BCUT2D eigenvalue weighted by Gasteiger charge is -2.24. The molecule has 0 spiro atoms. The van der Waals surface area contributed by atoms with Crippen molar-refractivity contribution >= 4 is 52.5 Å². The Hall–Kier alpha value is -1.77. The lowest BCUT2D eigenvalue weighted by molar-refractivity contribution is 0.273. The Bertz CT molecular complexity index is 1190. The zero-order valence-corrected chi connectivity index (χ0v) is 21.1. The molecule has 0 unspecified atom stereocenters. The first-order valence-corrected chi connectivity index (χ1v) is 14.7. The van der Waals surface area contributed by atoms with Gasteiger partial charge in [-0.15, -0.1) is 0 Å². The van der Waals surface area contributed by atoms with Crippen molar-refractivity contribution in [2.24, 2.45) is 0 Å². The molecule has 0 bridgehead atoms. The third-order valence-corrected chi connectivity index (χ3v) is 8.21. The van der Waals surface area contributed by atoms with E-state index in [0.717, 1.165) is 27.8 Å². The maximum absolute atomic E-state index is 13.4. The Labute approximate surface area is 188 Å². The quantitative estimate of drug-likeness (QED) is 0.242. The first-order valence-electron chi connectivity index (χ1n) is 9.43. The number of aromatic nitrogens is 2. The van der Waals surface area contributed by atoms with Gasteiger partial charge in [0.25, 0.3) is 10.0 Å². The number of allylic oxidation sites excluding steroid dienone is 1. The highest BCUT2D eigenvalue weighted by Gasteiger charge is 2.22. The van der Waals surface area contributed by atoms with Crippen molar-refractivity contribution in [3.63, 3.8) is 0 Å². The summed E-state index contributed by atoms with van der Waals surface area (Å²) in [5.74, 6) is 1.01. The van der Waals surface area contributed by atoms with Gasteiger partial charge in [-0.05, 0) is 72.3 Å². The third-order valence-electron chi connectivity index (χ3n) is 4.70. The van der Waals surface area contributed by atoms with Crippen molar-refractivity contribution in [2.75, 3.05) is 31.1 Å². The number of benzene rings is 1. The molecule has 0 aliphatic carbocycles. The predicted molar refractivity (Wildman–Crippen MR) is 131 cm³/mol. The molecule has 0 aliphatic rings. The van der Waals surface area contributed by atoms with Crippen LogP contribution in [0, 0.1) is 6.92 Å². The van der Waals surface area contributed by atoms with Crippen LogP contribution in [0.1, 0.15) is 18.1 Å². The molecule has 0 amide bonds. The van der Waals surface area contributed by atoms with E-state index in [9.17, 15) is 8.42 Å². The molecule has 0 saturated carbocycles. The second kappa shape index (κ2) is 8.77. The zero-order chi connectivity index (χ0) is 22.1. The highest BCUT2D eigenvalue weighted by Crippen LogP contribution is 2.34.